The number of amides is 1. The monoisotopic (exact) mass is 337 g/mol. The first kappa shape index (κ1) is 16.3. The Balaban J connectivity index is 1.97. The molecule has 0 spiro atoms. The van der Waals surface area contributed by atoms with Crippen molar-refractivity contribution < 1.29 is 19.0 Å². The fourth-order valence-electron chi connectivity index (χ4n) is 2.90. The predicted octanol–water partition coefficient (Wildman–Crippen LogP) is 3.09. The number of rotatable bonds is 6. The highest BCUT2D eigenvalue weighted by molar-refractivity contribution is 7.99. The van der Waals surface area contributed by atoms with Gasteiger partial charge in [0.25, 0.3) is 0 Å². The maximum Gasteiger partial charge on any atom is 0.224 e. The Morgan fingerprint density at radius 3 is 2.35 bits per heavy atom. The summed E-state index contributed by atoms with van der Waals surface area (Å²) in [6, 6.07) is 3.77. The number of benzene rings is 1. The van der Waals surface area contributed by atoms with Crippen molar-refractivity contribution in [1.82, 2.24) is 4.90 Å². The van der Waals surface area contributed by atoms with Gasteiger partial charge in [0.05, 0.1) is 21.3 Å². The average molecular weight is 337 g/mol. The Kier molecular flexibility index (Phi) is 4.90. The van der Waals surface area contributed by atoms with E-state index in [9.17, 15) is 4.79 Å². The zero-order valence-corrected chi connectivity index (χ0v) is 14.6. The molecule has 0 bridgehead atoms. The van der Waals surface area contributed by atoms with Gasteiger partial charge in [-0.05, 0) is 24.8 Å². The summed E-state index contributed by atoms with van der Waals surface area (Å²) in [4.78, 5) is 14.4. The van der Waals surface area contributed by atoms with E-state index in [-0.39, 0.29) is 11.3 Å². The minimum absolute atomic E-state index is 0.0217. The minimum atomic E-state index is -0.0217. The van der Waals surface area contributed by atoms with E-state index in [1.54, 1.807) is 33.1 Å². The maximum absolute atomic E-state index is 12.4. The average Bonchev–Trinajstić information content (AvgIpc) is 3.39. The van der Waals surface area contributed by atoms with Crippen molar-refractivity contribution in [1.29, 1.82) is 0 Å². The molecule has 2 aliphatic rings. The van der Waals surface area contributed by atoms with E-state index < -0.39 is 0 Å². The van der Waals surface area contributed by atoms with Crippen molar-refractivity contribution in [2.75, 3.05) is 33.6 Å². The van der Waals surface area contributed by atoms with Crippen molar-refractivity contribution in [2.24, 2.45) is 5.92 Å². The van der Waals surface area contributed by atoms with E-state index in [2.05, 4.69) is 0 Å². The Labute approximate surface area is 141 Å². The van der Waals surface area contributed by atoms with E-state index in [1.807, 2.05) is 17.0 Å². The summed E-state index contributed by atoms with van der Waals surface area (Å²) in [5.41, 5.74) is 0.976. The highest BCUT2D eigenvalue weighted by atomic mass is 32.2. The van der Waals surface area contributed by atoms with Gasteiger partial charge in [0.1, 0.15) is 11.1 Å². The van der Waals surface area contributed by atoms with Crippen molar-refractivity contribution in [3.8, 4) is 17.2 Å². The molecule has 1 saturated heterocycles. The lowest BCUT2D eigenvalue weighted by Gasteiger charge is -2.36. The molecule has 1 aromatic rings. The normalized spacial score (nSPS) is 21.3. The first-order chi connectivity index (χ1) is 11.2. The number of methoxy groups -OCH3 is 3. The van der Waals surface area contributed by atoms with E-state index in [4.69, 9.17) is 14.2 Å². The van der Waals surface area contributed by atoms with Crippen LogP contribution < -0.4 is 14.2 Å². The van der Waals surface area contributed by atoms with Crippen LogP contribution >= 0.6 is 11.8 Å². The third kappa shape index (κ3) is 3.37. The van der Waals surface area contributed by atoms with Gasteiger partial charge in [0.2, 0.25) is 5.91 Å². The number of carbonyl (C=O) groups is 1. The number of hydrogen-bond donors (Lipinski definition) is 0. The van der Waals surface area contributed by atoms with Crippen molar-refractivity contribution in [3.63, 3.8) is 0 Å². The molecule has 1 saturated carbocycles. The third-order valence-corrected chi connectivity index (χ3v) is 5.61. The summed E-state index contributed by atoms with van der Waals surface area (Å²) in [7, 11) is 4.87. The van der Waals surface area contributed by atoms with Gasteiger partial charge in [-0.3, -0.25) is 4.79 Å². The second-order valence-electron chi connectivity index (χ2n) is 5.91. The molecule has 1 aliphatic carbocycles. The van der Waals surface area contributed by atoms with Gasteiger partial charge in [0.15, 0.2) is 11.5 Å². The lowest BCUT2D eigenvalue weighted by atomic mass is 10.1. The zero-order chi connectivity index (χ0) is 16.4. The Bertz CT molecular complexity index is 588. The molecule has 1 unspecified atom stereocenters. The van der Waals surface area contributed by atoms with Crippen LogP contribution in [0.4, 0.5) is 0 Å². The first-order valence-corrected chi connectivity index (χ1v) is 8.93. The standard InChI is InChI=1S/C17H23NO4S/c1-20-13-9-15(22-3)14(21-2)8-12(13)17-18(10-11-4-5-11)16(19)6-7-23-17/h8-9,11,17H,4-7,10H2,1-3H3. The number of ether oxygens (including phenoxy) is 3. The van der Waals surface area contributed by atoms with Gasteiger partial charge in [0, 0.05) is 30.3 Å². The van der Waals surface area contributed by atoms with E-state index >= 15 is 0 Å². The Morgan fingerprint density at radius 1 is 1.09 bits per heavy atom. The zero-order valence-electron chi connectivity index (χ0n) is 13.8. The molecule has 0 N–H and O–H groups in total. The number of carbonyl (C=O) groups excluding carboxylic acids is 1. The summed E-state index contributed by atoms with van der Waals surface area (Å²) in [6.45, 7) is 0.841. The molecule has 0 radical (unpaired) electrons. The van der Waals surface area contributed by atoms with E-state index in [1.165, 1.54) is 12.8 Å². The largest absolute Gasteiger partial charge is 0.496 e. The summed E-state index contributed by atoms with van der Waals surface area (Å²) >= 11 is 1.79. The summed E-state index contributed by atoms with van der Waals surface area (Å²) in [5, 5.41) is -0.0217. The summed E-state index contributed by atoms with van der Waals surface area (Å²) in [6.07, 6.45) is 3.07. The fourth-order valence-corrected chi connectivity index (χ4v) is 4.16. The van der Waals surface area contributed by atoms with Crippen LogP contribution in [0, 0.1) is 5.92 Å². The van der Waals surface area contributed by atoms with Crippen LogP contribution in [0.5, 0.6) is 17.2 Å². The second-order valence-corrected chi connectivity index (χ2v) is 7.10. The number of thioether (sulfide) groups is 1. The van der Waals surface area contributed by atoms with Gasteiger partial charge in [-0.25, -0.2) is 0 Å². The van der Waals surface area contributed by atoms with Crippen LogP contribution in [-0.2, 0) is 4.79 Å². The van der Waals surface area contributed by atoms with Crippen LogP contribution in [0.2, 0.25) is 0 Å². The van der Waals surface area contributed by atoms with Crippen LogP contribution in [0.1, 0.15) is 30.2 Å². The molecule has 1 atom stereocenters. The molecule has 3 rings (SSSR count). The van der Waals surface area contributed by atoms with Crippen molar-refractivity contribution in [3.05, 3.63) is 17.7 Å². The minimum Gasteiger partial charge on any atom is -0.496 e. The van der Waals surface area contributed by atoms with Crippen molar-refractivity contribution >= 4 is 17.7 Å². The fraction of sp³-hybridized carbons (Fsp3) is 0.588. The van der Waals surface area contributed by atoms with Gasteiger partial charge in [-0.1, -0.05) is 0 Å². The second kappa shape index (κ2) is 6.91. The number of nitrogens with zero attached hydrogens (tertiary/aromatic N) is 1. The Hall–Kier alpha value is -1.56. The molecule has 0 aromatic heterocycles. The summed E-state index contributed by atoms with van der Waals surface area (Å²) < 4.78 is 16.3. The molecule has 1 aromatic carbocycles. The number of hydrogen-bond acceptors (Lipinski definition) is 5. The molecule has 23 heavy (non-hydrogen) atoms. The van der Waals surface area contributed by atoms with Gasteiger partial charge < -0.3 is 19.1 Å². The topological polar surface area (TPSA) is 48.0 Å². The van der Waals surface area contributed by atoms with Crippen LogP contribution in [0.15, 0.2) is 12.1 Å². The molecule has 126 valence electrons. The first-order valence-electron chi connectivity index (χ1n) is 7.89. The predicted molar refractivity (Wildman–Crippen MR) is 90.4 cm³/mol. The SMILES string of the molecule is COc1cc(OC)c(C2SCCC(=O)N2CC2CC2)cc1OC. The molecule has 5 nitrogen and oxygen atoms in total. The van der Waals surface area contributed by atoms with Gasteiger partial charge >= 0.3 is 0 Å². The molecule has 6 heteroatoms. The van der Waals surface area contributed by atoms with Crippen LogP contribution in [-0.4, -0.2) is 44.4 Å². The quantitative estimate of drug-likeness (QED) is 0.798. The van der Waals surface area contributed by atoms with Gasteiger partial charge in [-0.15, -0.1) is 11.8 Å². The molecule has 1 heterocycles. The van der Waals surface area contributed by atoms with Crippen LogP contribution in [0.25, 0.3) is 0 Å². The lowest BCUT2D eigenvalue weighted by Crippen LogP contribution is -2.38. The third-order valence-electron chi connectivity index (χ3n) is 4.35. The lowest BCUT2D eigenvalue weighted by molar-refractivity contribution is -0.132. The molecular formula is C17H23NO4S. The molecule has 1 amide bonds. The van der Waals surface area contributed by atoms with Crippen LogP contribution in [0.3, 0.4) is 0 Å². The molecule has 1 aliphatic heterocycles. The smallest absolute Gasteiger partial charge is 0.224 e. The summed E-state index contributed by atoms with van der Waals surface area (Å²) in [5.74, 6) is 3.75. The molecular weight excluding hydrogens is 314 g/mol. The van der Waals surface area contributed by atoms with Crippen molar-refractivity contribution in [2.45, 2.75) is 24.6 Å². The Morgan fingerprint density at radius 2 is 1.74 bits per heavy atom. The highest BCUT2D eigenvalue weighted by Gasteiger charge is 2.36. The van der Waals surface area contributed by atoms with Gasteiger partial charge in [-0.2, -0.15) is 0 Å². The van der Waals surface area contributed by atoms with E-state index in [0.717, 1.165) is 23.6 Å². The molecule has 2 fully saturated rings. The van der Waals surface area contributed by atoms with E-state index in [0.29, 0.717) is 23.8 Å². The maximum atomic E-state index is 12.4. The highest BCUT2D eigenvalue weighted by Crippen LogP contribution is 2.46.